The molecule has 0 rings (SSSR count). The molecule has 0 fully saturated rings. The van der Waals surface area contributed by atoms with Crippen molar-refractivity contribution >= 4 is 59.3 Å². The van der Waals surface area contributed by atoms with Gasteiger partial charge in [0, 0.05) is 13.3 Å². The fraction of sp³-hybridized carbons (Fsp3) is 0.600. The van der Waals surface area contributed by atoms with Crippen LogP contribution in [0.5, 0.6) is 0 Å². The minimum Gasteiger partial charge on any atom is -0.481 e. The minimum atomic E-state index is -1.57. The minimum absolute atomic E-state index is 0.448. The van der Waals surface area contributed by atoms with Gasteiger partial charge in [-0.3, -0.25) is 38.4 Å². The number of carboxylic acid groups (broad SMARTS) is 3. The van der Waals surface area contributed by atoms with Gasteiger partial charge in [-0.05, 0) is 12.3 Å². The van der Waals surface area contributed by atoms with Crippen LogP contribution in [0.4, 0.5) is 0 Å². The fourth-order valence-corrected chi connectivity index (χ4v) is 3.02. The van der Waals surface area contributed by atoms with E-state index >= 15 is 0 Å². The Balaban J connectivity index is 5.74. The second kappa shape index (κ2) is 15.3. The van der Waals surface area contributed by atoms with E-state index in [2.05, 4.69) is 33.9 Å². The smallest absolute Gasteiger partial charge is 0.305 e. The van der Waals surface area contributed by atoms with Crippen molar-refractivity contribution in [1.82, 2.24) is 21.3 Å². The van der Waals surface area contributed by atoms with Gasteiger partial charge in [-0.1, -0.05) is 13.8 Å². The topological polar surface area (TPSA) is 245 Å². The Labute approximate surface area is 211 Å². The van der Waals surface area contributed by atoms with Gasteiger partial charge in [0.1, 0.15) is 24.2 Å². The summed E-state index contributed by atoms with van der Waals surface area (Å²) in [6.45, 7) is 4.07. The molecule has 0 unspecified atom stereocenters. The van der Waals surface area contributed by atoms with E-state index in [0.29, 0.717) is 0 Å². The van der Waals surface area contributed by atoms with Crippen molar-refractivity contribution in [3.05, 3.63) is 0 Å². The van der Waals surface area contributed by atoms with Crippen molar-refractivity contribution in [3.63, 3.8) is 0 Å². The maximum Gasteiger partial charge on any atom is 0.305 e. The van der Waals surface area contributed by atoms with Crippen molar-refractivity contribution in [1.29, 1.82) is 0 Å². The summed E-state index contributed by atoms with van der Waals surface area (Å²) >= 11 is 3.54. The number of aliphatic carboxylic acids is 3. The molecule has 0 spiro atoms. The van der Waals surface area contributed by atoms with E-state index in [9.17, 15) is 38.4 Å². The number of nitrogens with one attached hydrogen (secondary N) is 4. The van der Waals surface area contributed by atoms with Crippen molar-refractivity contribution in [3.8, 4) is 0 Å². The molecule has 7 N–H and O–H groups in total. The zero-order chi connectivity index (χ0) is 28.2. The lowest BCUT2D eigenvalue weighted by molar-refractivity contribution is -0.141. The summed E-state index contributed by atoms with van der Waals surface area (Å²) in [4.78, 5) is 94.0. The van der Waals surface area contributed by atoms with E-state index in [1.54, 1.807) is 0 Å². The predicted molar refractivity (Wildman–Crippen MR) is 124 cm³/mol. The third-order valence-corrected chi connectivity index (χ3v) is 4.90. The molecule has 0 aliphatic carbocycles. The van der Waals surface area contributed by atoms with Gasteiger partial charge in [-0.15, -0.1) is 12.6 Å². The molecular formula is C20H30N4O11S. The third-order valence-electron chi connectivity index (χ3n) is 4.59. The maximum atomic E-state index is 12.9. The van der Waals surface area contributed by atoms with Crippen LogP contribution in [0.3, 0.4) is 0 Å². The van der Waals surface area contributed by atoms with E-state index in [1.807, 2.05) is 0 Å². The highest BCUT2D eigenvalue weighted by Crippen LogP contribution is 2.08. The monoisotopic (exact) mass is 534 g/mol. The molecule has 0 heterocycles. The highest BCUT2D eigenvalue weighted by atomic mass is 32.1. The van der Waals surface area contributed by atoms with Crippen LogP contribution in [-0.4, -0.2) is 86.1 Å². The highest BCUT2D eigenvalue weighted by Gasteiger charge is 2.33. The van der Waals surface area contributed by atoms with Crippen molar-refractivity contribution < 1.29 is 53.7 Å². The summed E-state index contributed by atoms with van der Waals surface area (Å²) < 4.78 is 0. The lowest BCUT2D eigenvalue weighted by Crippen LogP contribution is -2.59. The molecule has 4 atom stereocenters. The molecule has 0 saturated heterocycles. The van der Waals surface area contributed by atoms with Crippen molar-refractivity contribution in [2.24, 2.45) is 5.92 Å². The first-order valence-electron chi connectivity index (χ1n) is 10.6. The number of carbonyl (C=O) groups excluding carboxylic acids is 5. The Hall–Kier alpha value is -3.69. The summed E-state index contributed by atoms with van der Waals surface area (Å²) in [7, 11) is 0. The molecule has 202 valence electrons. The van der Waals surface area contributed by atoms with Gasteiger partial charge in [0.25, 0.3) is 0 Å². The number of hydrogen-bond donors (Lipinski definition) is 8. The summed E-state index contributed by atoms with van der Waals surface area (Å²) in [6.07, 6.45) is -2.62. The summed E-state index contributed by atoms with van der Waals surface area (Å²) in [5.41, 5.74) is 0. The molecule has 0 saturated carbocycles. The van der Waals surface area contributed by atoms with Gasteiger partial charge in [-0.2, -0.15) is 0 Å². The summed E-state index contributed by atoms with van der Waals surface area (Å²) in [5.74, 6) is -8.49. The molecule has 16 heteroatoms. The van der Waals surface area contributed by atoms with Crippen LogP contribution in [0.25, 0.3) is 0 Å². The van der Waals surface area contributed by atoms with Crippen LogP contribution in [0.1, 0.15) is 46.5 Å². The first-order valence-corrected chi connectivity index (χ1v) is 11.1. The number of hydrogen-bond acceptors (Lipinski definition) is 8. The molecule has 0 aromatic heterocycles. The molecule has 0 aromatic rings. The normalized spacial score (nSPS) is 13.9. The van der Waals surface area contributed by atoms with Crippen molar-refractivity contribution in [2.45, 2.75) is 70.6 Å². The molecule has 15 nitrogen and oxygen atoms in total. The van der Waals surface area contributed by atoms with E-state index in [1.165, 1.54) is 13.8 Å². The van der Waals surface area contributed by atoms with Crippen molar-refractivity contribution in [2.75, 3.05) is 0 Å². The lowest BCUT2D eigenvalue weighted by atomic mass is 10.0. The maximum absolute atomic E-state index is 12.9. The van der Waals surface area contributed by atoms with E-state index in [-0.39, 0.29) is 0 Å². The molecule has 0 aliphatic rings. The van der Waals surface area contributed by atoms with E-state index < -0.39 is 102 Å². The second-order valence-electron chi connectivity index (χ2n) is 8.07. The zero-order valence-corrected chi connectivity index (χ0v) is 20.7. The van der Waals surface area contributed by atoms with Crippen LogP contribution in [0.15, 0.2) is 0 Å². The predicted octanol–water partition coefficient (Wildman–Crippen LogP) is -2.13. The highest BCUT2D eigenvalue weighted by molar-refractivity contribution is 7.96. The zero-order valence-electron chi connectivity index (χ0n) is 19.8. The van der Waals surface area contributed by atoms with Crippen LogP contribution in [0, 0.1) is 5.92 Å². The summed E-state index contributed by atoms with van der Waals surface area (Å²) in [5, 5.41) is 34.7. The second-order valence-corrected chi connectivity index (χ2v) is 8.51. The standard InChI is InChI=1S/C20H30N4O11S/c1-8(2)16(19(34)23-12(20(35)36)7-15(30)31)24-17(32)10(4-5-13(26)27)22-18(33)11(6-14(28)29)21-9(3)25/h8,10-12,16H,4-7H2,1-3H3,(H,21,25)(H,22,33)(H,23,34)(H,24,32)(H,26,27)(H,28,29)(H,30,31)(H,35,36)/t10-,11-,12-,16-/m0/s1. The Kier molecular flexibility index (Phi) is 13.8. The van der Waals surface area contributed by atoms with Crippen LogP contribution in [-0.2, 0) is 38.4 Å². The average molecular weight is 535 g/mol. The third kappa shape index (κ3) is 12.7. The quantitative estimate of drug-likeness (QED) is 0.0994. The van der Waals surface area contributed by atoms with Gasteiger partial charge >= 0.3 is 17.9 Å². The number of thiol groups is 1. The van der Waals surface area contributed by atoms with Crippen LogP contribution >= 0.6 is 12.6 Å². The Morgan fingerprint density at radius 1 is 0.667 bits per heavy atom. The Morgan fingerprint density at radius 3 is 1.56 bits per heavy atom. The molecule has 36 heavy (non-hydrogen) atoms. The average Bonchev–Trinajstić information content (AvgIpc) is 2.71. The lowest BCUT2D eigenvalue weighted by Gasteiger charge is -2.27. The van der Waals surface area contributed by atoms with Crippen LogP contribution < -0.4 is 21.3 Å². The number of carbonyl (C=O) groups is 8. The van der Waals surface area contributed by atoms with Gasteiger partial charge in [0.05, 0.1) is 12.8 Å². The van der Waals surface area contributed by atoms with Gasteiger partial charge in [0.15, 0.2) is 0 Å². The van der Waals surface area contributed by atoms with Gasteiger partial charge < -0.3 is 36.6 Å². The largest absolute Gasteiger partial charge is 0.481 e. The number of rotatable bonds is 16. The summed E-state index contributed by atoms with van der Waals surface area (Å²) in [6, 6.07) is -5.94. The van der Waals surface area contributed by atoms with Gasteiger partial charge in [0.2, 0.25) is 28.7 Å². The number of amides is 4. The SMILES string of the molecule is CC(=O)N[C@@H](CC(=O)O)C(=O)N[C@@H](CCC(=O)O)C(=O)N[C@H](C(=O)N[C@@H](CC(=O)O)C(=O)S)C(C)C. The molecule has 0 bridgehead atoms. The van der Waals surface area contributed by atoms with E-state index in [0.717, 1.165) is 6.92 Å². The Bertz CT molecular complexity index is 877. The molecule has 4 amide bonds. The Morgan fingerprint density at radius 2 is 1.14 bits per heavy atom. The molecular weight excluding hydrogens is 504 g/mol. The van der Waals surface area contributed by atoms with E-state index in [4.69, 9.17) is 15.3 Å². The fourth-order valence-electron chi connectivity index (χ4n) is 2.86. The first-order chi connectivity index (χ1) is 16.5. The van der Waals surface area contributed by atoms with Gasteiger partial charge in [-0.25, -0.2) is 0 Å². The molecule has 0 radical (unpaired) electrons. The molecule has 0 aromatic carbocycles. The van der Waals surface area contributed by atoms with Crippen LogP contribution in [0.2, 0.25) is 0 Å². The number of carboxylic acids is 3. The first kappa shape index (κ1) is 32.3. The molecule has 0 aliphatic heterocycles.